The average Bonchev–Trinajstić information content (AvgIpc) is 2.35. The first-order valence-corrected chi connectivity index (χ1v) is 6.52. The van der Waals surface area contributed by atoms with Crippen molar-refractivity contribution in [1.82, 2.24) is 10.2 Å². The number of hydrogen-bond acceptors (Lipinski definition) is 3. The largest absolute Gasteiger partial charge is 0.496 e. The van der Waals surface area contributed by atoms with Crippen LogP contribution in [0.4, 0.5) is 0 Å². The number of amides is 1. The van der Waals surface area contributed by atoms with E-state index in [1.807, 2.05) is 25.1 Å². The zero-order chi connectivity index (χ0) is 13.7. The number of carbonyl (C=O) groups excluding carboxylic acids is 1. The third-order valence-electron chi connectivity index (χ3n) is 2.73. The fourth-order valence-electron chi connectivity index (χ4n) is 1.47. The molecule has 1 aromatic carbocycles. The minimum absolute atomic E-state index is 0.0643. The topological polar surface area (TPSA) is 41.6 Å². The van der Waals surface area contributed by atoms with Gasteiger partial charge in [0.05, 0.1) is 18.1 Å². The number of ether oxygens (including phenoxy) is 1. The van der Waals surface area contributed by atoms with Gasteiger partial charge in [-0.25, -0.2) is 0 Å². The zero-order valence-corrected chi connectivity index (χ0v) is 12.7. The maximum Gasteiger partial charge on any atom is 0.236 e. The molecular weight excluding hydrogens is 296 g/mol. The molecule has 0 saturated heterocycles. The van der Waals surface area contributed by atoms with Gasteiger partial charge in [0.15, 0.2) is 0 Å². The molecule has 0 fully saturated rings. The molecule has 1 atom stereocenters. The Balaban J connectivity index is 2.64. The van der Waals surface area contributed by atoms with Crippen molar-refractivity contribution in [3.8, 4) is 5.75 Å². The standard InChI is InChI=1S/C13H19BrN2O2/c1-9(15-8-13(17)16(2)3)10-5-6-12(18-4)11(14)7-10/h5-7,9,15H,8H2,1-4H3. The van der Waals surface area contributed by atoms with Gasteiger partial charge in [0.2, 0.25) is 5.91 Å². The Kier molecular flexibility index (Phi) is 5.62. The maximum absolute atomic E-state index is 11.5. The van der Waals surface area contributed by atoms with Gasteiger partial charge in [0, 0.05) is 20.1 Å². The van der Waals surface area contributed by atoms with Crippen LogP contribution >= 0.6 is 15.9 Å². The van der Waals surface area contributed by atoms with E-state index in [-0.39, 0.29) is 11.9 Å². The van der Waals surface area contributed by atoms with Crippen molar-refractivity contribution in [3.05, 3.63) is 28.2 Å². The minimum atomic E-state index is 0.0643. The van der Waals surface area contributed by atoms with Crippen LogP contribution in [0.2, 0.25) is 0 Å². The summed E-state index contributed by atoms with van der Waals surface area (Å²) in [4.78, 5) is 13.1. The molecule has 0 radical (unpaired) electrons. The molecule has 0 aliphatic heterocycles. The van der Waals surface area contributed by atoms with Crippen LogP contribution in [0.1, 0.15) is 18.5 Å². The summed E-state index contributed by atoms with van der Waals surface area (Å²) < 4.78 is 6.09. The maximum atomic E-state index is 11.5. The van der Waals surface area contributed by atoms with E-state index in [4.69, 9.17) is 4.74 Å². The minimum Gasteiger partial charge on any atom is -0.496 e. The number of halogens is 1. The van der Waals surface area contributed by atoms with E-state index in [9.17, 15) is 4.79 Å². The second kappa shape index (κ2) is 6.75. The number of nitrogens with one attached hydrogen (secondary N) is 1. The van der Waals surface area contributed by atoms with Gasteiger partial charge in [-0.1, -0.05) is 6.07 Å². The lowest BCUT2D eigenvalue weighted by Gasteiger charge is -2.17. The number of methoxy groups -OCH3 is 1. The van der Waals surface area contributed by atoms with Crippen molar-refractivity contribution in [2.75, 3.05) is 27.7 Å². The van der Waals surface area contributed by atoms with Crippen LogP contribution in [0.5, 0.6) is 5.75 Å². The summed E-state index contributed by atoms with van der Waals surface area (Å²) >= 11 is 3.45. The Morgan fingerprint density at radius 2 is 2.17 bits per heavy atom. The lowest BCUT2D eigenvalue weighted by molar-refractivity contribution is -0.127. The van der Waals surface area contributed by atoms with Gasteiger partial charge in [-0.3, -0.25) is 4.79 Å². The lowest BCUT2D eigenvalue weighted by atomic mass is 10.1. The normalized spacial score (nSPS) is 12.1. The highest BCUT2D eigenvalue weighted by Crippen LogP contribution is 2.27. The smallest absolute Gasteiger partial charge is 0.236 e. The number of carbonyl (C=O) groups is 1. The average molecular weight is 315 g/mol. The highest BCUT2D eigenvalue weighted by atomic mass is 79.9. The van der Waals surface area contributed by atoms with Crippen molar-refractivity contribution in [3.63, 3.8) is 0 Å². The molecule has 18 heavy (non-hydrogen) atoms. The molecule has 1 amide bonds. The third kappa shape index (κ3) is 3.99. The van der Waals surface area contributed by atoms with Crippen LogP contribution in [0.15, 0.2) is 22.7 Å². The van der Waals surface area contributed by atoms with Crippen LogP contribution in [0, 0.1) is 0 Å². The van der Waals surface area contributed by atoms with E-state index in [0.29, 0.717) is 6.54 Å². The molecular formula is C13H19BrN2O2. The molecule has 0 aromatic heterocycles. The fraction of sp³-hybridized carbons (Fsp3) is 0.462. The van der Waals surface area contributed by atoms with Crippen molar-refractivity contribution in [2.45, 2.75) is 13.0 Å². The van der Waals surface area contributed by atoms with E-state index in [2.05, 4.69) is 21.2 Å². The molecule has 5 heteroatoms. The number of hydrogen-bond donors (Lipinski definition) is 1. The van der Waals surface area contributed by atoms with E-state index in [0.717, 1.165) is 15.8 Å². The summed E-state index contributed by atoms with van der Waals surface area (Å²) in [6, 6.07) is 6.00. The summed E-state index contributed by atoms with van der Waals surface area (Å²) in [5.74, 6) is 0.866. The first kappa shape index (κ1) is 15.0. The van der Waals surface area contributed by atoms with Crippen LogP contribution in [-0.4, -0.2) is 38.6 Å². The molecule has 0 bridgehead atoms. The van der Waals surface area contributed by atoms with Gasteiger partial charge in [-0.2, -0.15) is 0 Å². The van der Waals surface area contributed by atoms with E-state index >= 15 is 0 Å². The molecule has 1 N–H and O–H groups in total. The summed E-state index contributed by atoms with van der Waals surface area (Å²) in [5, 5.41) is 3.19. The Bertz CT molecular complexity index is 421. The van der Waals surface area contributed by atoms with E-state index in [1.54, 1.807) is 26.1 Å². The second-order valence-corrected chi connectivity index (χ2v) is 5.14. The predicted octanol–water partition coefficient (Wildman–Crippen LogP) is 2.20. The highest BCUT2D eigenvalue weighted by molar-refractivity contribution is 9.10. The Morgan fingerprint density at radius 3 is 2.67 bits per heavy atom. The van der Waals surface area contributed by atoms with Crippen LogP contribution in [-0.2, 0) is 4.79 Å². The first-order chi connectivity index (χ1) is 8.45. The molecule has 0 aliphatic carbocycles. The fourth-order valence-corrected chi connectivity index (χ4v) is 2.03. The summed E-state index contributed by atoms with van der Waals surface area (Å²) in [6.45, 7) is 2.36. The lowest BCUT2D eigenvalue weighted by Crippen LogP contribution is -2.34. The number of rotatable bonds is 5. The van der Waals surface area contributed by atoms with E-state index < -0.39 is 0 Å². The quantitative estimate of drug-likeness (QED) is 0.906. The third-order valence-corrected chi connectivity index (χ3v) is 3.35. The Morgan fingerprint density at radius 1 is 1.50 bits per heavy atom. The number of nitrogens with zero attached hydrogens (tertiary/aromatic N) is 1. The second-order valence-electron chi connectivity index (χ2n) is 4.28. The highest BCUT2D eigenvalue weighted by Gasteiger charge is 2.10. The van der Waals surface area contributed by atoms with Gasteiger partial charge in [-0.15, -0.1) is 0 Å². The van der Waals surface area contributed by atoms with Crippen LogP contribution in [0.25, 0.3) is 0 Å². The van der Waals surface area contributed by atoms with Crippen LogP contribution < -0.4 is 10.1 Å². The molecule has 0 spiro atoms. The molecule has 1 aromatic rings. The van der Waals surface area contributed by atoms with Crippen molar-refractivity contribution in [1.29, 1.82) is 0 Å². The monoisotopic (exact) mass is 314 g/mol. The van der Waals surface area contributed by atoms with Gasteiger partial charge in [0.25, 0.3) is 0 Å². The summed E-state index contributed by atoms with van der Waals surface area (Å²) in [5.41, 5.74) is 1.11. The molecule has 100 valence electrons. The van der Waals surface area contributed by atoms with Crippen molar-refractivity contribution < 1.29 is 9.53 Å². The van der Waals surface area contributed by atoms with Gasteiger partial charge < -0.3 is 15.0 Å². The summed E-state index contributed by atoms with van der Waals surface area (Å²) in [6.07, 6.45) is 0. The Hall–Kier alpha value is -1.07. The SMILES string of the molecule is COc1ccc(C(C)NCC(=O)N(C)C)cc1Br. The zero-order valence-electron chi connectivity index (χ0n) is 11.2. The van der Waals surface area contributed by atoms with Gasteiger partial charge in [0.1, 0.15) is 5.75 Å². The number of benzene rings is 1. The summed E-state index contributed by atoms with van der Waals surface area (Å²) in [7, 11) is 5.13. The molecule has 1 rings (SSSR count). The molecule has 0 heterocycles. The molecule has 1 unspecified atom stereocenters. The van der Waals surface area contributed by atoms with Crippen LogP contribution in [0.3, 0.4) is 0 Å². The molecule has 0 saturated carbocycles. The van der Waals surface area contributed by atoms with Gasteiger partial charge in [-0.05, 0) is 40.5 Å². The van der Waals surface area contributed by atoms with Crippen molar-refractivity contribution >= 4 is 21.8 Å². The number of likely N-dealkylation sites (N-methyl/N-ethyl adjacent to an activating group) is 1. The first-order valence-electron chi connectivity index (χ1n) is 5.72. The molecule has 4 nitrogen and oxygen atoms in total. The molecule has 0 aliphatic rings. The predicted molar refractivity (Wildman–Crippen MR) is 75.8 cm³/mol. The van der Waals surface area contributed by atoms with Gasteiger partial charge >= 0.3 is 0 Å². The Labute approximate surface area is 116 Å². The van der Waals surface area contributed by atoms with E-state index in [1.165, 1.54) is 0 Å². The van der Waals surface area contributed by atoms with Crippen molar-refractivity contribution in [2.24, 2.45) is 0 Å².